The molecular formula is C47H54O8. The Labute approximate surface area is 326 Å². The number of carbonyl (C=O) groups excluding carboxylic acids is 2. The summed E-state index contributed by atoms with van der Waals surface area (Å²) in [4.78, 5) is 27.2. The standard InChI is InChI=1S/C47H54O8/c1-11-39(48)54-43-37(29-27-31(9)41(43)45(13-3,50-15-5)51-16-6)47(35-25-21-19-23-33(35)34-24-20-22-26-36(34)47)38-30-28-32(10)42(44(38)55-40(49)12-2)46(14-4,52-17-7)53-18-8/h11-12,19-30H,1-2,13-18H2,3-10H3. The predicted octanol–water partition coefficient (Wildman–Crippen LogP) is 10.1. The van der Waals surface area contributed by atoms with E-state index in [1.807, 2.05) is 104 Å². The van der Waals surface area contributed by atoms with Crippen molar-refractivity contribution in [1.29, 1.82) is 0 Å². The maximum atomic E-state index is 13.6. The van der Waals surface area contributed by atoms with Crippen LogP contribution in [0.5, 0.6) is 11.5 Å². The maximum Gasteiger partial charge on any atom is 0.335 e. The minimum atomic E-state index is -1.28. The monoisotopic (exact) mass is 746 g/mol. The summed E-state index contributed by atoms with van der Waals surface area (Å²) < 4.78 is 39.0. The van der Waals surface area contributed by atoms with E-state index in [4.69, 9.17) is 28.4 Å². The highest BCUT2D eigenvalue weighted by molar-refractivity contribution is 5.91. The molecule has 0 bridgehead atoms. The van der Waals surface area contributed by atoms with Crippen LogP contribution in [0.1, 0.15) is 98.9 Å². The van der Waals surface area contributed by atoms with E-state index in [0.29, 0.717) is 61.5 Å². The first-order chi connectivity index (χ1) is 26.5. The van der Waals surface area contributed by atoms with E-state index >= 15 is 0 Å². The van der Waals surface area contributed by atoms with Crippen molar-refractivity contribution in [1.82, 2.24) is 0 Å². The van der Waals surface area contributed by atoms with Crippen LogP contribution >= 0.6 is 0 Å². The lowest BCUT2D eigenvalue weighted by Crippen LogP contribution is -2.38. The van der Waals surface area contributed by atoms with Gasteiger partial charge in [0.2, 0.25) is 0 Å². The lowest BCUT2D eigenvalue weighted by molar-refractivity contribution is -0.245. The summed E-state index contributed by atoms with van der Waals surface area (Å²) in [5.74, 6) is -3.34. The Hall–Kier alpha value is -4.86. The third-order valence-corrected chi connectivity index (χ3v) is 10.4. The number of hydrogen-bond acceptors (Lipinski definition) is 8. The van der Waals surface area contributed by atoms with E-state index < -0.39 is 28.9 Å². The zero-order valence-corrected chi connectivity index (χ0v) is 33.5. The van der Waals surface area contributed by atoms with Crippen molar-refractivity contribution >= 4 is 11.9 Å². The van der Waals surface area contributed by atoms with Gasteiger partial charge in [-0.15, -0.1) is 0 Å². The van der Waals surface area contributed by atoms with Crippen molar-refractivity contribution in [2.75, 3.05) is 26.4 Å². The van der Waals surface area contributed by atoms with Crippen LogP contribution in [-0.2, 0) is 45.5 Å². The first kappa shape index (κ1) is 41.3. The van der Waals surface area contributed by atoms with Gasteiger partial charge < -0.3 is 28.4 Å². The Morgan fingerprint density at radius 2 is 0.891 bits per heavy atom. The smallest absolute Gasteiger partial charge is 0.335 e. The van der Waals surface area contributed by atoms with Crippen LogP contribution in [0.4, 0.5) is 0 Å². The highest BCUT2D eigenvalue weighted by atomic mass is 16.7. The van der Waals surface area contributed by atoms with Gasteiger partial charge in [-0.1, -0.05) is 99.8 Å². The number of hydrogen-bond donors (Lipinski definition) is 0. The second-order valence-electron chi connectivity index (χ2n) is 13.3. The van der Waals surface area contributed by atoms with Crippen molar-refractivity contribution in [2.24, 2.45) is 0 Å². The van der Waals surface area contributed by atoms with Gasteiger partial charge in [-0.2, -0.15) is 0 Å². The number of fused-ring (bicyclic) bond motifs is 3. The van der Waals surface area contributed by atoms with Crippen LogP contribution in [0.25, 0.3) is 11.1 Å². The summed E-state index contributed by atoms with van der Waals surface area (Å²) in [5, 5.41) is 0. The normalized spacial score (nSPS) is 13.2. The Morgan fingerprint density at radius 3 is 1.20 bits per heavy atom. The molecule has 0 spiro atoms. The van der Waals surface area contributed by atoms with E-state index in [9.17, 15) is 9.59 Å². The summed E-state index contributed by atoms with van der Waals surface area (Å²) in [6.07, 6.45) is 3.12. The number of benzene rings is 4. The molecule has 5 rings (SSSR count). The molecule has 0 fully saturated rings. The van der Waals surface area contributed by atoms with Gasteiger partial charge in [-0.05, 0) is 74.9 Å². The summed E-state index contributed by atoms with van der Waals surface area (Å²) >= 11 is 0. The van der Waals surface area contributed by atoms with Gasteiger partial charge in [0.1, 0.15) is 11.5 Å². The predicted molar refractivity (Wildman–Crippen MR) is 215 cm³/mol. The van der Waals surface area contributed by atoms with Gasteiger partial charge in [0.15, 0.2) is 11.6 Å². The fourth-order valence-corrected chi connectivity index (χ4v) is 8.42. The van der Waals surface area contributed by atoms with Crippen molar-refractivity contribution in [2.45, 2.75) is 85.2 Å². The lowest BCUT2D eigenvalue weighted by Gasteiger charge is -2.41. The van der Waals surface area contributed by atoms with Crippen molar-refractivity contribution < 1.29 is 38.0 Å². The zero-order valence-electron chi connectivity index (χ0n) is 33.5. The molecule has 8 nitrogen and oxygen atoms in total. The summed E-state index contributed by atoms with van der Waals surface area (Å²) in [7, 11) is 0. The number of ether oxygens (including phenoxy) is 6. The Morgan fingerprint density at radius 1 is 0.545 bits per heavy atom. The van der Waals surface area contributed by atoms with E-state index in [-0.39, 0.29) is 11.5 Å². The second kappa shape index (κ2) is 17.3. The maximum absolute atomic E-state index is 13.6. The molecule has 8 heteroatoms. The van der Waals surface area contributed by atoms with Gasteiger partial charge in [0.25, 0.3) is 0 Å². The fraction of sp³-hybridized carbons (Fsp3) is 0.362. The average Bonchev–Trinajstić information content (AvgIpc) is 3.48. The average molecular weight is 747 g/mol. The van der Waals surface area contributed by atoms with Crippen LogP contribution < -0.4 is 9.47 Å². The van der Waals surface area contributed by atoms with Gasteiger partial charge in [-0.3, -0.25) is 0 Å². The molecule has 0 aromatic heterocycles. The molecular weight excluding hydrogens is 693 g/mol. The van der Waals surface area contributed by atoms with Crippen LogP contribution in [0, 0.1) is 13.8 Å². The minimum Gasteiger partial charge on any atom is -0.423 e. The molecule has 0 radical (unpaired) electrons. The van der Waals surface area contributed by atoms with E-state index in [2.05, 4.69) is 37.4 Å². The first-order valence-corrected chi connectivity index (χ1v) is 19.3. The second-order valence-corrected chi connectivity index (χ2v) is 13.3. The molecule has 0 unspecified atom stereocenters. The first-order valence-electron chi connectivity index (χ1n) is 19.3. The van der Waals surface area contributed by atoms with Gasteiger partial charge >= 0.3 is 11.9 Å². The molecule has 4 aromatic rings. The van der Waals surface area contributed by atoms with Crippen LogP contribution in [0.15, 0.2) is 98.1 Å². The van der Waals surface area contributed by atoms with Crippen LogP contribution in [0.2, 0.25) is 0 Å². The SMILES string of the molecule is C=CC(=O)Oc1c(C2(c3ccc(C)c(C(CC)(OCC)OCC)c3OC(=O)C=C)c3ccccc3-c3ccccc32)ccc(C)c1C(CC)(OCC)OCC. The summed E-state index contributed by atoms with van der Waals surface area (Å²) in [5.41, 5.74) is 6.43. The third kappa shape index (κ3) is 6.97. The zero-order chi connectivity index (χ0) is 40.0. The molecule has 0 heterocycles. The van der Waals surface area contributed by atoms with Gasteiger partial charge in [0, 0.05) is 62.5 Å². The largest absolute Gasteiger partial charge is 0.423 e. The molecule has 290 valence electrons. The Bertz CT molecular complexity index is 1900. The molecule has 1 aliphatic carbocycles. The van der Waals surface area contributed by atoms with Crippen LogP contribution in [-0.4, -0.2) is 38.4 Å². The van der Waals surface area contributed by atoms with E-state index in [0.717, 1.165) is 45.5 Å². The molecule has 0 aliphatic heterocycles. The van der Waals surface area contributed by atoms with Crippen molar-refractivity contribution in [3.8, 4) is 22.6 Å². The fourth-order valence-electron chi connectivity index (χ4n) is 8.42. The highest BCUT2D eigenvalue weighted by Crippen LogP contribution is 2.62. The molecule has 0 atom stereocenters. The summed E-state index contributed by atoms with van der Waals surface area (Å²) in [6, 6.07) is 24.3. The minimum absolute atomic E-state index is 0.264. The molecule has 0 saturated carbocycles. The lowest BCUT2D eigenvalue weighted by atomic mass is 9.65. The third-order valence-electron chi connectivity index (χ3n) is 10.4. The number of carbonyl (C=O) groups is 2. The molecule has 0 saturated heterocycles. The number of rotatable bonds is 18. The van der Waals surface area contributed by atoms with E-state index in [1.165, 1.54) is 0 Å². The van der Waals surface area contributed by atoms with E-state index in [1.54, 1.807) is 0 Å². The van der Waals surface area contributed by atoms with Crippen molar-refractivity contribution in [3.05, 3.63) is 143 Å². The molecule has 0 amide bonds. The number of aryl methyl sites for hydroxylation is 2. The Kier molecular flexibility index (Phi) is 13.0. The quantitative estimate of drug-likeness (QED) is 0.0379. The summed E-state index contributed by atoms with van der Waals surface area (Å²) in [6.45, 7) is 24.4. The topological polar surface area (TPSA) is 89.5 Å². The van der Waals surface area contributed by atoms with Gasteiger partial charge in [-0.25, -0.2) is 9.59 Å². The van der Waals surface area contributed by atoms with Crippen molar-refractivity contribution in [3.63, 3.8) is 0 Å². The Balaban J connectivity index is 2.14. The molecule has 55 heavy (non-hydrogen) atoms. The number of esters is 2. The van der Waals surface area contributed by atoms with Gasteiger partial charge in [0.05, 0.1) is 16.5 Å². The molecule has 0 N–H and O–H groups in total. The molecule has 1 aliphatic rings. The van der Waals surface area contributed by atoms with Crippen LogP contribution in [0.3, 0.4) is 0 Å². The molecule has 4 aromatic carbocycles. The highest BCUT2D eigenvalue weighted by Gasteiger charge is 2.53.